The summed E-state index contributed by atoms with van der Waals surface area (Å²) >= 11 is 0. The molecule has 0 aromatic carbocycles. The van der Waals surface area contributed by atoms with Crippen LogP contribution in [0.3, 0.4) is 0 Å². The molecule has 1 N–H and O–H groups in total. The Morgan fingerprint density at radius 2 is 1.90 bits per heavy atom. The molecule has 1 atom stereocenters. The van der Waals surface area contributed by atoms with Crippen LogP contribution < -0.4 is 0 Å². The topological polar surface area (TPSA) is 83.4 Å². The number of aromatic nitrogens is 2. The van der Waals surface area contributed by atoms with Gasteiger partial charge in [0.15, 0.2) is 5.69 Å². The smallest absolute Gasteiger partial charge is 0.356 e. The van der Waals surface area contributed by atoms with Gasteiger partial charge < -0.3 is 10.0 Å². The summed E-state index contributed by atoms with van der Waals surface area (Å²) in [4.78, 5) is 32.5. The van der Waals surface area contributed by atoms with Crippen LogP contribution in [0, 0.1) is 11.3 Å². The normalized spacial score (nSPS) is 21.6. The largest absolute Gasteiger partial charge is 0.476 e. The molecule has 0 saturated carbocycles. The van der Waals surface area contributed by atoms with Crippen molar-refractivity contribution < 1.29 is 14.7 Å². The fourth-order valence-corrected chi connectivity index (χ4v) is 2.35. The van der Waals surface area contributed by atoms with Crippen LogP contribution in [-0.2, 0) is 0 Å². The third-order valence-electron chi connectivity index (χ3n) is 4.14. The van der Waals surface area contributed by atoms with Crippen molar-refractivity contribution in [2.24, 2.45) is 11.3 Å². The molecule has 1 aromatic heterocycles. The number of hydrogen-bond donors (Lipinski definition) is 1. The van der Waals surface area contributed by atoms with Crippen molar-refractivity contribution >= 4 is 11.9 Å². The van der Waals surface area contributed by atoms with Crippen molar-refractivity contribution in [2.75, 3.05) is 13.1 Å². The highest BCUT2D eigenvalue weighted by Gasteiger charge is 2.35. The van der Waals surface area contributed by atoms with Crippen LogP contribution in [0.15, 0.2) is 12.4 Å². The Kier molecular flexibility index (Phi) is 3.74. The Balaban J connectivity index is 2.13. The van der Waals surface area contributed by atoms with E-state index in [1.54, 1.807) is 4.90 Å². The first-order valence-corrected chi connectivity index (χ1v) is 6.66. The average Bonchev–Trinajstić information content (AvgIpc) is 2.41. The maximum Gasteiger partial charge on any atom is 0.356 e. The molecule has 1 aliphatic rings. The summed E-state index contributed by atoms with van der Waals surface area (Å²) in [5.74, 6) is -0.772. The van der Waals surface area contributed by atoms with Gasteiger partial charge in [0, 0.05) is 13.1 Å². The Morgan fingerprint density at radius 1 is 1.30 bits per heavy atom. The molecule has 0 aliphatic carbocycles. The van der Waals surface area contributed by atoms with Crippen molar-refractivity contribution in [1.82, 2.24) is 14.9 Å². The van der Waals surface area contributed by atoms with Crippen molar-refractivity contribution in [1.29, 1.82) is 0 Å². The third-order valence-corrected chi connectivity index (χ3v) is 4.14. The molecule has 0 radical (unpaired) electrons. The van der Waals surface area contributed by atoms with Crippen molar-refractivity contribution in [3.05, 3.63) is 23.8 Å². The summed E-state index contributed by atoms with van der Waals surface area (Å²) in [7, 11) is 0. The lowest BCUT2D eigenvalue weighted by Crippen LogP contribution is -2.47. The van der Waals surface area contributed by atoms with E-state index in [1.807, 2.05) is 0 Å². The highest BCUT2D eigenvalue weighted by atomic mass is 16.4. The second kappa shape index (κ2) is 5.19. The van der Waals surface area contributed by atoms with Gasteiger partial charge in [-0.3, -0.25) is 4.79 Å². The zero-order chi connectivity index (χ0) is 14.9. The first-order valence-electron chi connectivity index (χ1n) is 6.66. The van der Waals surface area contributed by atoms with Gasteiger partial charge in [-0.2, -0.15) is 0 Å². The highest BCUT2D eigenvalue weighted by molar-refractivity contribution is 5.92. The molecule has 0 spiro atoms. The summed E-state index contributed by atoms with van der Waals surface area (Å²) in [6.45, 7) is 7.87. The van der Waals surface area contributed by atoms with Crippen molar-refractivity contribution in [3.63, 3.8) is 0 Å². The van der Waals surface area contributed by atoms with Gasteiger partial charge in [-0.25, -0.2) is 14.8 Å². The lowest BCUT2D eigenvalue weighted by atomic mass is 9.75. The van der Waals surface area contributed by atoms with E-state index in [9.17, 15) is 9.59 Å². The van der Waals surface area contributed by atoms with Crippen LogP contribution in [0.1, 0.15) is 48.2 Å². The van der Waals surface area contributed by atoms with Gasteiger partial charge in [0.05, 0.1) is 12.4 Å². The summed E-state index contributed by atoms with van der Waals surface area (Å²) in [5, 5.41) is 8.76. The molecule has 1 aromatic rings. The van der Waals surface area contributed by atoms with Crippen LogP contribution in [0.5, 0.6) is 0 Å². The maximum atomic E-state index is 12.4. The van der Waals surface area contributed by atoms with E-state index < -0.39 is 5.97 Å². The van der Waals surface area contributed by atoms with Crippen LogP contribution in [0.4, 0.5) is 0 Å². The number of nitrogens with zero attached hydrogens (tertiary/aromatic N) is 3. The molecule has 1 saturated heterocycles. The van der Waals surface area contributed by atoms with Crippen LogP contribution in [0.25, 0.3) is 0 Å². The van der Waals surface area contributed by atoms with Gasteiger partial charge in [0.25, 0.3) is 5.91 Å². The van der Waals surface area contributed by atoms with Gasteiger partial charge in [0.1, 0.15) is 5.69 Å². The molecular formula is C14H19N3O3. The maximum absolute atomic E-state index is 12.4. The molecular weight excluding hydrogens is 258 g/mol. The molecule has 1 aliphatic heterocycles. The lowest BCUT2D eigenvalue weighted by molar-refractivity contribution is 0.0421. The second-order valence-electron chi connectivity index (χ2n) is 6.00. The van der Waals surface area contributed by atoms with Crippen molar-refractivity contribution in [2.45, 2.75) is 27.2 Å². The number of rotatable bonds is 2. The average molecular weight is 277 g/mol. The standard InChI is InChI=1S/C14H19N3O3/c1-9-4-5-17(8-14(9,2)3)12(18)10-6-16-11(7-15-10)13(19)20/h6-7,9H,4-5,8H2,1-3H3,(H,19,20). The van der Waals surface area contributed by atoms with E-state index in [0.29, 0.717) is 19.0 Å². The second-order valence-corrected chi connectivity index (χ2v) is 6.00. The Hall–Kier alpha value is -1.98. The zero-order valence-corrected chi connectivity index (χ0v) is 12.0. The zero-order valence-electron chi connectivity index (χ0n) is 12.0. The Labute approximate surface area is 117 Å². The van der Waals surface area contributed by atoms with E-state index in [4.69, 9.17) is 5.11 Å². The summed E-state index contributed by atoms with van der Waals surface area (Å²) in [6, 6.07) is 0. The molecule has 1 fully saturated rings. The number of aromatic carboxylic acids is 1. The predicted octanol–water partition coefficient (Wildman–Crippen LogP) is 1.68. The molecule has 1 unspecified atom stereocenters. The van der Waals surface area contributed by atoms with Crippen LogP contribution in [0.2, 0.25) is 0 Å². The van der Waals surface area contributed by atoms with Crippen LogP contribution >= 0.6 is 0 Å². The number of likely N-dealkylation sites (tertiary alicyclic amines) is 1. The number of piperidine rings is 1. The first kappa shape index (κ1) is 14.4. The van der Waals surface area contributed by atoms with Gasteiger partial charge in [-0.15, -0.1) is 0 Å². The number of hydrogen-bond acceptors (Lipinski definition) is 4. The van der Waals surface area contributed by atoms with Gasteiger partial charge in [-0.05, 0) is 17.8 Å². The number of carboxylic acids is 1. The summed E-state index contributed by atoms with van der Waals surface area (Å²) in [6.07, 6.45) is 3.31. The predicted molar refractivity (Wildman–Crippen MR) is 72.5 cm³/mol. The lowest BCUT2D eigenvalue weighted by Gasteiger charge is -2.42. The molecule has 0 bridgehead atoms. The van der Waals surface area contributed by atoms with Crippen LogP contribution in [-0.4, -0.2) is 44.9 Å². The molecule has 6 heteroatoms. The molecule has 20 heavy (non-hydrogen) atoms. The fourth-order valence-electron chi connectivity index (χ4n) is 2.35. The molecule has 108 valence electrons. The first-order chi connectivity index (χ1) is 9.31. The SMILES string of the molecule is CC1CCN(C(=O)c2cnc(C(=O)O)cn2)CC1(C)C. The summed E-state index contributed by atoms with van der Waals surface area (Å²) < 4.78 is 0. The molecule has 6 nitrogen and oxygen atoms in total. The van der Waals surface area contributed by atoms with E-state index in [1.165, 1.54) is 6.20 Å². The summed E-state index contributed by atoms with van der Waals surface area (Å²) in [5.41, 5.74) is 0.108. The number of carboxylic acid groups (broad SMARTS) is 1. The van der Waals surface area contributed by atoms with E-state index in [2.05, 4.69) is 30.7 Å². The Morgan fingerprint density at radius 3 is 2.40 bits per heavy atom. The third kappa shape index (κ3) is 2.79. The molecule has 1 amide bonds. The number of amides is 1. The molecule has 2 rings (SSSR count). The van der Waals surface area contributed by atoms with E-state index in [0.717, 1.165) is 12.6 Å². The monoisotopic (exact) mass is 277 g/mol. The van der Waals surface area contributed by atoms with E-state index >= 15 is 0 Å². The minimum absolute atomic E-state index is 0.0718. The Bertz CT molecular complexity index is 525. The molecule has 2 heterocycles. The van der Waals surface area contributed by atoms with Gasteiger partial charge in [0.2, 0.25) is 0 Å². The number of carbonyl (C=O) groups is 2. The minimum Gasteiger partial charge on any atom is -0.476 e. The minimum atomic E-state index is -1.15. The van der Waals surface area contributed by atoms with Gasteiger partial charge in [-0.1, -0.05) is 20.8 Å². The van der Waals surface area contributed by atoms with Gasteiger partial charge >= 0.3 is 5.97 Å². The fraction of sp³-hybridized carbons (Fsp3) is 0.571. The quantitative estimate of drug-likeness (QED) is 0.889. The van der Waals surface area contributed by atoms with Crippen molar-refractivity contribution in [3.8, 4) is 0 Å². The number of carbonyl (C=O) groups excluding carboxylic acids is 1. The van der Waals surface area contributed by atoms with E-state index in [-0.39, 0.29) is 22.7 Å². The highest BCUT2D eigenvalue weighted by Crippen LogP contribution is 2.34.